The molecule has 34 heavy (non-hydrogen) atoms. The lowest BCUT2D eigenvalue weighted by Gasteiger charge is -2.23. The summed E-state index contributed by atoms with van der Waals surface area (Å²) in [5.41, 5.74) is 4.36. The topological polar surface area (TPSA) is 97.3 Å². The number of carbonyl (C=O) groups is 1. The molecule has 0 bridgehead atoms. The maximum absolute atomic E-state index is 12.5. The van der Waals surface area contributed by atoms with Crippen molar-refractivity contribution in [2.45, 2.75) is 13.5 Å². The van der Waals surface area contributed by atoms with Crippen molar-refractivity contribution in [3.8, 4) is 11.5 Å². The highest BCUT2D eigenvalue weighted by Gasteiger charge is 2.23. The fraction of sp³-hybridized carbons (Fsp3) is 0.200. The van der Waals surface area contributed by atoms with Crippen LogP contribution in [0.5, 0.6) is 11.5 Å². The van der Waals surface area contributed by atoms with Crippen LogP contribution < -0.4 is 19.2 Å². The molecule has 3 rings (SSSR count). The molecule has 8 nitrogen and oxygen atoms in total. The molecule has 3 aromatic carbocycles. The molecule has 0 atom stereocenters. The molecule has 0 heterocycles. The summed E-state index contributed by atoms with van der Waals surface area (Å²) >= 11 is 0. The molecular formula is C25H27N3O5S. The Morgan fingerprint density at radius 3 is 2.29 bits per heavy atom. The Labute approximate surface area is 199 Å². The Bertz CT molecular complexity index is 1230. The largest absolute Gasteiger partial charge is 0.492 e. The third-order valence-electron chi connectivity index (χ3n) is 4.67. The van der Waals surface area contributed by atoms with Crippen LogP contribution in [0.4, 0.5) is 5.69 Å². The number of nitrogens with one attached hydrogen (secondary N) is 1. The van der Waals surface area contributed by atoms with Crippen LogP contribution in [0.1, 0.15) is 18.1 Å². The number of nitrogens with zero attached hydrogens (tertiary/aromatic N) is 2. The lowest BCUT2D eigenvalue weighted by molar-refractivity contribution is -0.119. The molecule has 1 amide bonds. The number of ether oxygens (including phenoxy) is 2. The average Bonchev–Trinajstić information content (AvgIpc) is 2.83. The minimum atomic E-state index is -3.75. The molecular weight excluding hydrogens is 454 g/mol. The van der Waals surface area contributed by atoms with Crippen molar-refractivity contribution in [1.29, 1.82) is 0 Å². The van der Waals surface area contributed by atoms with Gasteiger partial charge in [-0.2, -0.15) is 5.10 Å². The van der Waals surface area contributed by atoms with Crippen molar-refractivity contribution in [2.75, 3.05) is 23.7 Å². The summed E-state index contributed by atoms with van der Waals surface area (Å²) in [4.78, 5) is 12.5. The van der Waals surface area contributed by atoms with Crippen LogP contribution in [0, 0.1) is 0 Å². The zero-order chi connectivity index (χ0) is 24.4. The fourth-order valence-electron chi connectivity index (χ4n) is 3.12. The van der Waals surface area contributed by atoms with E-state index in [2.05, 4.69) is 10.5 Å². The van der Waals surface area contributed by atoms with Gasteiger partial charge in [0, 0.05) is 5.56 Å². The van der Waals surface area contributed by atoms with Gasteiger partial charge in [-0.05, 0) is 36.8 Å². The fourth-order valence-corrected chi connectivity index (χ4v) is 3.98. The number of rotatable bonds is 11. The van der Waals surface area contributed by atoms with E-state index >= 15 is 0 Å². The van der Waals surface area contributed by atoms with E-state index in [-0.39, 0.29) is 5.69 Å². The highest BCUT2D eigenvalue weighted by atomic mass is 32.2. The van der Waals surface area contributed by atoms with Gasteiger partial charge in [0.2, 0.25) is 10.0 Å². The monoisotopic (exact) mass is 481 g/mol. The number of hydrogen-bond donors (Lipinski definition) is 1. The predicted molar refractivity (Wildman–Crippen MR) is 133 cm³/mol. The van der Waals surface area contributed by atoms with E-state index in [0.29, 0.717) is 30.3 Å². The van der Waals surface area contributed by atoms with Crippen LogP contribution >= 0.6 is 0 Å². The zero-order valence-electron chi connectivity index (χ0n) is 19.0. The SMILES string of the molecule is CCOc1ccccc1N(CC(=O)N/N=C\c1ccccc1OCc1ccccc1)S(C)(=O)=O. The van der Waals surface area contributed by atoms with Crippen molar-refractivity contribution < 1.29 is 22.7 Å². The lowest BCUT2D eigenvalue weighted by Crippen LogP contribution is -2.39. The zero-order valence-corrected chi connectivity index (χ0v) is 19.9. The predicted octanol–water partition coefficient (Wildman–Crippen LogP) is 3.58. The van der Waals surface area contributed by atoms with Gasteiger partial charge in [-0.25, -0.2) is 13.8 Å². The normalized spacial score (nSPS) is 11.2. The minimum Gasteiger partial charge on any atom is -0.492 e. The highest BCUT2D eigenvalue weighted by Crippen LogP contribution is 2.29. The summed E-state index contributed by atoms with van der Waals surface area (Å²) in [6, 6.07) is 23.7. The Morgan fingerprint density at radius 1 is 0.941 bits per heavy atom. The first-order chi connectivity index (χ1) is 16.4. The van der Waals surface area contributed by atoms with Crippen LogP contribution in [-0.2, 0) is 21.4 Å². The summed E-state index contributed by atoms with van der Waals surface area (Å²) in [6.07, 6.45) is 2.49. The van der Waals surface area contributed by atoms with E-state index in [1.54, 1.807) is 37.3 Å². The number of benzene rings is 3. The van der Waals surface area contributed by atoms with Crippen LogP contribution in [0.2, 0.25) is 0 Å². The lowest BCUT2D eigenvalue weighted by atomic mass is 10.2. The van der Waals surface area contributed by atoms with E-state index in [1.165, 1.54) is 6.21 Å². The highest BCUT2D eigenvalue weighted by molar-refractivity contribution is 7.92. The molecule has 0 aromatic heterocycles. The van der Waals surface area contributed by atoms with E-state index in [4.69, 9.17) is 9.47 Å². The second-order valence-corrected chi connectivity index (χ2v) is 9.18. The first kappa shape index (κ1) is 24.8. The average molecular weight is 482 g/mol. The molecule has 1 N–H and O–H groups in total. The molecule has 0 aliphatic carbocycles. The minimum absolute atomic E-state index is 0.283. The maximum Gasteiger partial charge on any atom is 0.260 e. The van der Waals surface area contributed by atoms with Crippen LogP contribution in [0.25, 0.3) is 0 Å². The van der Waals surface area contributed by atoms with Crippen molar-refractivity contribution in [3.63, 3.8) is 0 Å². The number of hydrogen-bond acceptors (Lipinski definition) is 6. The van der Waals surface area contributed by atoms with Crippen LogP contribution in [-0.4, -0.2) is 39.9 Å². The first-order valence-corrected chi connectivity index (χ1v) is 12.5. The molecule has 0 saturated carbocycles. The number of sulfonamides is 1. The Balaban J connectivity index is 1.67. The standard InChI is InChI=1S/C25H27N3O5S/c1-3-32-24-16-10-8-14-22(24)28(34(2,30)31)18-25(29)27-26-17-21-13-7-9-15-23(21)33-19-20-11-5-4-6-12-20/h4-17H,3,18-19H2,1-2H3,(H,27,29)/b26-17-. The number of hydrazone groups is 1. The Hall–Kier alpha value is -3.85. The summed E-state index contributed by atoms with van der Waals surface area (Å²) in [5, 5.41) is 3.99. The van der Waals surface area contributed by atoms with Gasteiger partial charge < -0.3 is 9.47 Å². The summed E-state index contributed by atoms with van der Waals surface area (Å²) in [7, 11) is -3.75. The van der Waals surface area contributed by atoms with Gasteiger partial charge in [0.05, 0.1) is 24.8 Å². The molecule has 0 aliphatic heterocycles. The van der Waals surface area contributed by atoms with Gasteiger partial charge in [-0.15, -0.1) is 0 Å². The van der Waals surface area contributed by atoms with Crippen molar-refractivity contribution in [3.05, 3.63) is 90.0 Å². The molecule has 0 fully saturated rings. The second kappa shape index (κ2) is 11.9. The quantitative estimate of drug-likeness (QED) is 0.334. The van der Waals surface area contributed by atoms with Crippen molar-refractivity contribution in [1.82, 2.24) is 5.43 Å². The number of amides is 1. The number of anilines is 1. The second-order valence-electron chi connectivity index (χ2n) is 7.28. The van der Waals surface area contributed by atoms with Crippen molar-refractivity contribution >= 4 is 27.8 Å². The Morgan fingerprint density at radius 2 is 1.59 bits per heavy atom. The van der Waals surface area contributed by atoms with Gasteiger partial charge in [0.1, 0.15) is 24.7 Å². The van der Waals surface area contributed by atoms with Crippen LogP contribution in [0.3, 0.4) is 0 Å². The number of carbonyl (C=O) groups excluding carboxylic acids is 1. The smallest absolute Gasteiger partial charge is 0.260 e. The first-order valence-electron chi connectivity index (χ1n) is 10.7. The van der Waals surface area contributed by atoms with Gasteiger partial charge in [0.25, 0.3) is 5.91 Å². The van der Waals surface area contributed by atoms with E-state index < -0.39 is 22.5 Å². The molecule has 9 heteroatoms. The summed E-state index contributed by atoms with van der Waals surface area (Å²) < 4.78 is 37.2. The van der Waals surface area contributed by atoms with E-state index in [9.17, 15) is 13.2 Å². The van der Waals surface area contributed by atoms with Gasteiger partial charge >= 0.3 is 0 Å². The van der Waals surface area contributed by atoms with Gasteiger partial charge in [-0.1, -0.05) is 54.6 Å². The van der Waals surface area contributed by atoms with E-state index in [0.717, 1.165) is 16.1 Å². The van der Waals surface area contributed by atoms with Crippen molar-refractivity contribution in [2.24, 2.45) is 5.10 Å². The molecule has 3 aromatic rings. The van der Waals surface area contributed by atoms with E-state index in [1.807, 2.05) is 48.5 Å². The summed E-state index contributed by atoms with van der Waals surface area (Å²) in [5.74, 6) is 0.375. The molecule has 0 aliphatic rings. The van der Waals surface area contributed by atoms with Gasteiger partial charge in [0.15, 0.2) is 0 Å². The third-order valence-corrected chi connectivity index (χ3v) is 5.80. The van der Waals surface area contributed by atoms with Crippen LogP contribution in [0.15, 0.2) is 84.0 Å². The van der Waals surface area contributed by atoms with Gasteiger partial charge in [-0.3, -0.25) is 9.10 Å². The molecule has 178 valence electrons. The molecule has 0 radical (unpaired) electrons. The molecule has 0 saturated heterocycles. The molecule has 0 spiro atoms. The summed E-state index contributed by atoms with van der Waals surface area (Å²) in [6.45, 7) is 2.09. The number of para-hydroxylation sites is 3. The maximum atomic E-state index is 12.5. The third kappa shape index (κ3) is 7.08. The Kier molecular flexibility index (Phi) is 8.64. The molecule has 0 unspecified atom stereocenters.